The smallest absolute Gasteiger partial charge is 0.243 e. The Balaban J connectivity index is 1.77. The van der Waals surface area contributed by atoms with Gasteiger partial charge >= 0.3 is 0 Å². The first kappa shape index (κ1) is 18.0. The number of hydrogen-bond acceptors (Lipinski definition) is 4. The van der Waals surface area contributed by atoms with Gasteiger partial charge in [0, 0.05) is 17.1 Å². The van der Waals surface area contributed by atoms with Gasteiger partial charge in [-0.1, -0.05) is 18.2 Å². The largest absolute Gasteiger partial charge is 0.325 e. The number of nitrogens with one attached hydrogen (secondary N) is 1. The molecule has 0 aromatic heterocycles. The van der Waals surface area contributed by atoms with Gasteiger partial charge in [-0.15, -0.1) is 11.8 Å². The number of benzene rings is 2. The minimum atomic E-state index is -3.67. The van der Waals surface area contributed by atoms with Crippen molar-refractivity contribution < 1.29 is 13.2 Å². The molecule has 5 nitrogen and oxygen atoms in total. The molecule has 2 aromatic rings. The molecule has 3 rings (SSSR count). The molecule has 1 fully saturated rings. The highest BCUT2D eigenvalue weighted by Gasteiger charge is 2.39. The third-order valence-corrected chi connectivity index (χ3v) is 6.88. The Morgan fingerprint density at radius 2 is 1.80 bits per heavy atom. The fourth-order valence-corrected chi connectivity index (χ4v) is 5.00. The SMILES string of the molecule is CSc1ccc(NC(=O)[C@H]2CCCN2S(=O)(=O)c2ccccc2)cc1. The van der Waals surface area contributed by atoms with Crippen LogP contribution in [0.4, 0.5) is 5.69 Å². The molecular formula is C18H20N2O3S2. The maximum absolute atomic E-state index is 12.8. The van der Waals surface area contributed by atoms with Crippen LogP contribution in [0.3, 0.4) is 0 Å². The molecule has 132 valence electrons. The Morgan fingerprint density at radius 1 is 1.12 bits per heavy atom. The van der Waals surface area contributed by atoms with Crippen LogP contribution in [0.5, 0.6) is 0 Å². The van der Waals surface area contributed by atoms with Gasteiger partial charge in [0.2, 0.25) is 15.9 Å². The van der Waals surface area contributed by atoms with Crippen molar-refractivity contribution in [2.75, 3.05) is 18.1 Å². The van der Waals surface area contributed by atoms with Crippen molar-refractivity contribution in [1.29, 1.82) is 0 Å². The molecule has 0 radical (unpaired) electrons. The van der Waals surface area contributed by atoms with E-state index in [1.807, 2.05) is 30.5 Å². The van der Waals surface area contributed by atoms with Gasteiger partial charge in [-0.2, -0.15) is 4.31 Å². The summed E-state index contributed by atoms with van der Waals surface area (Å²) < 4.78 is 27.0. The van der Waals surface area contributed by atoms with E-state index in [2.05, 4.69) is 5.32 Å². The van der Waals surface area contributed by atoms with Gasteiger partial charge < -0.3 is 5.32 Å². The van der Waals surface area contributed by atoms with Crippen molar-refractivity contribution in [2.24, 2.45) is 0 Å². The van der Waals surface area contributed by atoms with Crippen molar-refractivity contribution in [1.82, 2.24) is 4.31 Å². The fourth-order valence-electron chi connectivity index (χ4n) is 2.92. The minimum absolute atomic E-state index is 0.221. The molecule has 1 amide bonds. The molecule has 7 heteroatoms. The van der Waals surface area contributed by atoms with Crippen LogP contribution in [0.25, 0.3) is 0 Å². The number of carbonyl (C=O) groups is 1. The molecule has 1 aliphatic rings. The summed E-state index contributed by atoms with van der Waals surface area (Å²) >= 11 is 1.62. The zero-order valence-corrected chi connectivity index (χ0v) is 15.5. The van der Waals surface area contributed by atoms with Crippen LogP contribution < -0.4 is 5.32 Å². The Bertz CT molecular complexity index is 836. The number of carbonyl (C=O) groups excluding carboxylic acids is 1. The average Bonchev–Trinajstić information content (AvgIpc) is 3.14. The normalized spacial score (nSPS) is 18.2. The summed E-state index contributed by atoms with van der Waals surface area (Å²) in [6.45, 7) is 0.362. The molecule has 1 saturated heterocycles. The highest BCUT2D eigenvalue weighted by atomic mass is 32.2. The van der Waals surface area contributed by atoms with Crippen LogP contribution in [0.1, 0.15) is 12.8 Å². The summed E-state index contributed by atoms with van der Waals surface area (Å²) in [6, 6.07) is 15.1. The lowest BCUT2D eigenvalue weighted by atomic mass is 10.2. The molecule has 1 heterocycles. The Hall–Kier alpha value is -1.83. The minimum Gasteiger partial charge on any atom is -0.325 e. The number of anilines is 1. The molecule has 0 unspecified atom stereocenters. The van der Waals surface area contributed by atoms with Crippen LogP contribution in [0, 0.1) is 0 Å². The van der Waals surface area contributed by atoms with Crippen molar-refractivity contribution in [3.05, 3.63) is 54.6 Å². The molecule has 2 aromatic carbocycles. The van der Waals surface area contributed by atoms with Crippen LogP contribution in [-0.4, -0.2) is 37.5 Å². The lowest BCUT2D eigenvalue weighted by molar-refractivity contribution is -0.119. The molecule has 0 saturated carbocycles. The van der Waals surface area contributed by atoms with Gasteiger partial charge in [0.1, 0.15) is 6.04 Å². The zero-order chi connectivity index (χ0) is 17.9. The number of thioether (sulfide) groups is 1. The van der Waals surface area contributed by atoms with Crippen molar-refractivity contribution in [3.8, 4) is 0 Å². The first-order valence-corrected chi connectivity index (χ1v) is 10.7. The van der Waals surface area contributed by atoms with Crippen molar-refractivity contribution >= 4 is 33.4 Å². The summed E-state index contributed by atoms with van der Waals surface area (Å²) in [6.07, 6.45) is 3.19. The van der Waals surface area contributed by atoms with Gasteiger partial charge in [-0.25, -0.2) is 8.42 Å². The quantitative estimate of drug-likeness (QED) is 0.814. The molecule has 25 heavy (non-hydrogen) atoms. The molecule has 1 N–H and O–H groups in total. The van der Waals surface area contributed by atoms with E-state index in [9.17, 15) is 13.2 Å². The summed E-state index contributed by atoms with van der Waals surface area (Å²) in [5, 5.41) is 2.83. The molecule has 1 aliphatic heterocycles. The lowest BCUT2D eigenvalue weighted by Gasteiger charge is -2.23. The van der Waals surface area contributed by atoms with E-state index < -0.39 is 16.1 Å². The first-order valence-electron chi connectivity index (χ1n) is 8.04. The Labute approximate surface area is 152 Å². The topological polar surface area (TPSA) is 66.5 Å². The maximum atomic E-state index is 12.8. The van der Waals surface area contributed by atoms with E-state index in [4.69, 9.17) is 0 Å². The second-order valence-electron chi connectivity index (χ2n) is 5.80. The third-order valence-electron chi connectivity index (χ3n) is 4.21. The van der Waals surface area contributed by atoms with Gasteiger partial charge in [0.25, 0.3) is 0 Å². The van der Waals surface area contributed by atoms with E-state index in [0.29, 0.717) is 25.1 Å². The number of hydrogen-bond donors (Lipinski definition) is 1. The number of rotatable bonds is 5. The maximum Gasteiger partial charge on any atom is 0.243 e. The van der Waals surface area contributed by atoms with Gasteiger partial charge in [0.05, 0.1) is 4.90 Å². The second-order valence-corrected chi connectivity index (χ2v) is 8.57. The highest BCUT2D eigenvalue weighted by Crippen LogP contribution is 2.27. The van der Waals surface area contributed by atoms with Gasteiger partial charge in [-0.3, -0.25) is 4.79 Å². The monoisotopic (exact) mass is 376 g/mol. The van der Waals surface area contributed by atoms with Crippen LogP contribution in [-0.2, 0) is 14.8 Å². The van der Waals surface area contributed by atoms with E-state index in [-0.39, 0.29) is 10.8 Å². The van der Waals surface area contributed by atoms with E-state index in [1.165, 1.54) is 4.31 Å². The van der Waals surface area contributed by atoms with E-state index in [0.717, 1.165) is 4.90 Å². The first-order chi connectivity index (χ1) is 12.0. The molecule has 0 spiro atoms. The number of sulfonamides is 1. The fraction of sp³-hybridized carbons (Fsp3) is 0.278. The third kappa shape index (κ3) is 3.89. The summed E-state index contributed by atoms with van der Waals surface area (Å²) in [4.78, 5) is 14.0. The van der Waals surface area contributed by atoms with Gasteiger partial charge in [0.15, 0.2) is 0 Å². The Kier molecular flexibility index (Phi) is 5.46. The van der Waals surface area contributed by atoms with Crippen molar-refractivity contribution in [2.45, 2.75) is 28.7 Å². The zero-order valence-electron chi connectivity index (χ0n) is 13.9. The molecule has 0 bridgehead atoms. The molecule has 1 atom stereocenters. The predicted octanol–water partition coefficient (Wildman–Crippen LogP) is 3.20. The number of nitrogens with zero attached hydrogens (tertiary/aromatic N) is 1. The van der Waals surface area contributed by atoms with E-state index in [1.54, 1.807) is 42.1 Å². The van der Waals surface area contributed by atoms with Gasteiger partial charge in [-0.05, 0) is 55.5 Å². The number of amides is 1. The van der Waals surface area contributed by atoms with E-state index >= 15 is 0 Å². The highest BCUT2D eigenvalue weighted by molar-refractivity contribution is 7.98. The predicted molar refractivity (Wildman–Crippen MR) is 100 cm³/mol. The summed E-state index contributed by atoms with van der Waals surface area (Å²) in [5.74, 6) is -0.283. The molecule has 0 aliphatic carbocycles. The lowest BCUT2D eigenvalue weighted by Crippen LogP contribution is -2.43. The standard InChI is InChI=1S/C18H20N2O3S2/c1-24-15-11-9-14(10-12-15)19-18(21)17-8-5-13-20(17)25(22,23)16-6-3-2-4-7-16/h2-4,6-7,9-12,17H,5,8,13H2,1H3,(H,19,21)/t17-/m1/s1. The van der Waals surface area contributed by atoms with Crippen LogP contribution in [0.2, 0.25) is 0 Å². The Morgan fingerprint density at radius 3 is 2.44 bits per heavy atom. The van der Waals surface area contributed by atoms with Crippen LogP contribution >= 0.6 is 11.8 Å². The molecular weight excluding hydrogens is 356 g/mol. The summed E-state index contributed by atoms with van der Waals surface area (Å²) in [7, 11) is -3.67. The summed E-state index contributed by atoms with van der Waals surface area (Å²) in [5.41, 5.74) is 0.673. The van der Waals surface area contributed by atoms with Crippen molar-refractivity contribution in [3.63, 3.8) is 0 Å². The average molecular weight is 377 g/mol. The van der Waals surface area contributed by atoms with Crippen LogP contribution in [0.15, 0.2) is 64.4 Å². The second kappa shape index (κ2) is 7.59.